The lowest BCUT2D eigenvalue weighted by molar-refractivity contribution is 0.151. The monoisotopic (exact) mass is 512 g/mol. The molecule has 0 aromatic heterocycles. The summed E-state index contributed by atoms with van der Waals surface area (Å²) < 4.78 is 0. The van der Waals surface area contributed by atoms with Gasteiger partial charge in [-0.2, -0.15) is 10.2 Å². The molecule has 3 heterocycles. The summed E-state index contributed by atoms with van der Waals surface area (Å²) in [4.78, 5) is 5.01. The quantitative estimate of drug-likeness (QED) is 0.327. The molecule has 6 nitrogen and oxygen atoms in total. The number of nitrogens with zero attached hydrogens (tertiary/aromatic N) is 6. The molecule has 2 unspecified atom stereocenters. The maximum Gasteiger partial charge on any atom is 0.158 e. The van der Waals surface area contributed by atoms with Crippen LogP contribution in [0.25, 0.3) is 0 Å². The van der Waals surface area contributed by atoms with Gasteiger partial charge in [0.25, 0.3) is 0 Å². The normalized spacial score (nSPS) is 24.2. The topological polar surface area (TPSA) is 37.7 Å². The highest BCUT2D eigenvalue weighted by molar-refractivity contribution is 6.03. The van der Waals surface area contributed by atoms with Crippen LogP contribution in [0.15, 0.2) is 132 Å². The second-order valence-corrected chi connectivity index (χ2v) is 10.8. The van der Waals surface area contributed by atoms with E-state index in [1.54, 1.807) is 0 Å². The van der Waals surface area contributed by atoms with Gasteiger partial charge in [0, 0.05) is 30.6 Å². The predicted molar refractivity (Wildman–Crippen MR) is 159 cm³/mol. The van der Waals surface area contributed by atoms with Gasteiger partial charge in [-0.25, -0.2) is 10.0 Å². The first kappa shape index (κ1) is 23.5. The molecule has 4 aromatic rings. The molecule has 6 heteroatoms. The maximum absolute atomic E-state index is 5.31. The van der Waals surface area contributed by atoms with Crippen LogP contribution in [0, 0.1) is 0 Å². The van der Waals surface area contributed by atoms with Crippen molar-refractivity contribution in [1.29, 1.82) is 0 Å². The van der Waals surface area contributed by atoms with Crippen LogP contribution in [-0.4, -0.2) is 45.9 Å². The maximum atomic E-state index is 5.31. The molecule has 194 valence electrons. The molecule has 3 aliphatic heterocycles. The molecule has 7 rings (SSSR count). The fourth-order valence-corrected chi connectivity index (χ4v) is 6.48. The number of para-hydroxylation sites is 2. The van der Waals surface area contributed by atoms with E-state index >= 15 is 0 Å². The largest absolute Gasteiger partial charge is 0.328 e. The SMILES string of the molecule is CC12CC3(C)N(CCN1C(c1ccccc1)=NN2c1ccccc1)C(c1ccccc1)=NN3c1ccccc1. The van der Waals surface area contributed by atoms with Crippen molar-refractivity contribution in [3.05, 3.63) is 132 Å². The van der Waals surface area contributed by atoms with Crippen molar-refractivity contribution >= 4 is 23.0 Å². The van der Waals surface area contributed by atoms with Crippen LogP contribution in [0.5, 0.6) is 0 Å². The fraction of sp³-hybridized carbons (Fsp3) is 0.212. The number of rotatable bonds is 4. The molecule has 0 amide bonds. The summed E-state index contributed by atoms with van der Waals surface area (Å²) in [6, 6.07) is 42.2. The number of hydrogen-bond donors (Lipinski definition) is 0. The number of benzene rings is 4. The van der Waals surface area contributed by atoms with Crippen molar-refractivity contribution in [1.82, 2.24) is 9.80 Å². The van der Waals surface area contributed by atoms with Crippen LogP contribution < -0.4 is 10.0 Å². The van der Waals surface area contributed by atoms with Gasteiger partial charge in [0.2, 0.25) is 0 Å². The highest BCUT2D eigenvalue weighted by Crippen LogP contribution is 2.47. The van der Waals surface area contributed by atoms with Crippen molar-refractivity contribution in [2.24, 2.45) is 10.2 Å². The minimum absolute atomic E-state index is 0.426. The van der Waals surface area contributed by atoms with Crippen LogP contribution in [0.1, 0.15) is 31.4 Å². The number of hydrazone groups is 2. The van der Waals surface area contributed by atoms with E-state index in [0.29, 0.717) is 0 Å². The van der Waals surface area contributed by atoms with Crippen LogP contribution in [0.4, 0.5) is 11.4 Å². The molecule has 0 spiro atoms. The molecule has 0 saturated carbocycles. The van der Waals surface area contributed by atoms with E-state index in [1.165, 1.54) is 0 Å². The third-order valence-electron chi connectivity index (χ3n) is 8.26. The second-order valence-electron chi connectivity index (χ2n) is 10.8. The summed E-state index contributed by atoms with van der Waals surface area (Å²) in [6.07, 6.45) is 0.781. The van der Waals surface area contributed by atoms with E-state index in [0.717, 1.165) is 53.7 Å². The summed E-state index contributed by atoms with van der Waals surface area (Å²) in [7, 11) is 0. The molecule has 1 saturated heterocycles. The van der Waals surface area contributed by atoms with E-state index in [2.05, 4.69) is 155 Å². The first-order valence-corrected chi connectivity index (χ1v) is 13.6. The van der Waals surface area contributed by atoms with E-state index in [9.17, 15) is 0 Å². The first-order valence-electron chi connectivity index (χ1n) is 13.6. The van der Waals surface area contributed by atoms with Gasteiger partial charge in [0.05, 0.1) is 11.4 Å². The second kappa shape index (κ2) is 9.02. The third kappa shape index (κ3) is 3.70. The number of hydrogen-bond acceptors (Lipinski definition) is 6. The van der Waals surface area contributed by atoms with Crippen molar-refractivity contribution in [2.75, 3.05) is 23.1 Å². The third-order valence-corrected chi connectivity index (χ3v) is 8.26. The summed E-state index contributed by atoms with van der Waals surface area (Å²) in [5.41, 5.74) is 3.58. The van der Waals surface area contributed by atoms with E-state index < -0.39 is 11.3 Å². The van der Waals surface area contributed by atoms with Crippen LogP contribution in [-0.2, 0) is 0 Å². The number of anilines is 2. The van der Waals surface area contributed by atoms with Crippen molar-refractivity contribution < 1.29 is 0 Å². The molecule has 0 N–H and O–H groups in total. The summed E-state index contributed by atoms with van der Waals surface area (Å²) in [5, 5.41) is 15.1. The summed E-state index contributed by atoms with van der Waals surface area (Å²) in [6.45, 7) is 6.30. The highest BCUT2D eigenvalue weighted by atomic mass is 15.7. The molecule has 4 aromatic carbocycles. The molecule has 3 aliphatic rings. The van der Waals surface area contributed by atoms with E-state index in [1.807, 2.05) is 0 Å². The van der Waals surface area contributed by atoms with E-state index in [4.69, 9.17) is 10.2 Å². The van der Waals surface area contributed by atoms with Crippen LogP contribution >= 0.6 is 0 Å². The average Bonchev–Trinajstić information content (AvgIpc) is 3.39. The molecule has 39 heavy (non-hydrogen) atoms. The lowest BCUT2D eigenvalue weighted by atomic mass is 9.93. The van der Waals surface area contributed by atoms with Gasteiger partial charge >= 0.3 is 0 Å². The van der Waals surface area contributed by atoms with E-state index in [-0.39, 0.29) is 0 Å². The zero-order valence-corrected chi connectivity index (χ0v) is 22.4. The fourth-order valence-electron chi connectivity index (χ4n) is 6.48. The zero-order valence-electron chi connectivity index (χ0n) is 22.4. The van der Waals surface area contributed by atoms with Gasteiger partial charge in [-0.15, -0.1) is 0 Å². The molecule has 0 radical (unpaired) electrons. The molecular weight excluding hydrogens is 480 g/mol. The smallest absolute Gasteiger partial charge is 0.158 e. The van der Waals surface area contributed by atoms with Gasteiger partial charge in [-0.1, -0.05) is 97.1 Å². The molecule has 0 bridgehead atoms. The Labute approximate surface area is 230 Å². The van der Waals surface area contributed by atoms with Gasteiger partial charge < -0.3 is 9.80 Å². The molecular formula is C33H32N6. The van der Waals surface area contributed by atoms with Crippen LogP contribution in [0.2, 0.25) is 0 Å². The van der Waals surface area contributed by atoms with Crippen molar-refractivity contribution in [2.45, 2.75) is 31.6 Å². The Morgan fingerprint density at radius 2 is 0.821 bits per heavy atom. The van der Waals surface area contributed by atoms with Crippen molar-refractivity contribution in [3.8, 4) is 0 Å². The van der Waals surface area contributed by atoms with Gasteiger partial charge in [-0.3, -0.25) is 0 Å². The van der Waals surface area contributed by atoms with Gasteiger partial charge in [-0.05, 0) is 38.1 Å². The average molecular weight is 513 g/mol. The van der Waals surface area contributed by atoms with Gasteiger partial charge in [0.1, 0.15) is 11.3 Å². The standard InChI is InChI=1S/C33H32N6/c1-32-25-33(2)37(31(27-17-9-4-10-18-27)35-39(33)29-21-13-6-14-22-29)24-23-36(32)30(26-15-7-3-8-16-26)34-38(32)28-19-11-5-12-20-28/h3-22H,23-25H2,1-2H3. The summed E-state index contributed by atoms with van der Waals surface area (Å²) in [5.74, 6) is 2.02. The highest BCUT2D eigenvalue weighted by Gasteiger charge is 2.58. The number of amidine groups is 2. The minimum Gasteiger partial charge on any atom is -0.328 e. The van der Waals surface area contributed by atoms with Crippen LogP contribution in [0.3, 0.4) is 0 Å². The summed E-state index contributed by atoms with van der Waals surface area (Å²) >= 11 is 0. The Morgan fingerprint density at radius 3 is 1.18 bits per heavy atom. The predicted octanol–water partition coefficient (Wildman–Crippen LogP) is 6.19. The lowest BCUT2D eigenvalue weighted by Gasteiger charge is -2.47. The van der Waals surface area contributed by atoms with Crippen molar-refractivity contribution in [3.63, 3.8) is 0 Å². The molecule has 0 aliphatic carbocycles. The van der Waals surface area contributed by atoms with Gasteiger partial charge in [0.15, 0.2) is 11.7 Å². The molecule has 1 fully saturated rings. The Kier molecular flexibility index (Phi) is 5.44. The Morgan fingerprint density at radius 1 is 0.487 bits per heavy atom. The molecule has 2 atom stereocenters. The first-order chi connectivity index (χ1) is 19.1. The lowest BCUT2D eigenvalue weighted by Crippen LogP contribution is -2.60. The Bertz CT molecular complexity index is 1400. The Balaban J connectivity index is 1.39. The zero-order chi connectivity index (χ0) is 26.5. The minimum atomic E-state index is -0.426. The number of fused-ring (bicyclic) bond motifs is 2. The Hall–Kier alpha value is -4.58.